The largest absolute Gasteiger partial charge is 0.347 e. The Morgan fingerprint density at radius 1 is 1.16 bits per heavy atom. The van der Waals surface area contributed by atoms with Crippen LogP contribution in [0, 0.1) is 6.92 Å². The molecule has 2 rings (SSSR count). The molecule has 0 aromatic carbocycles. The van der Waals surface area contributed by atoms with E-state index in [2.05, 4.69) is 35.8 Å². The molecular formula is C9H15N9O. The first kappa shape index (κ1) is 13.0. The molecule has 102 valence electrons. The summed E-state index contributed by atoms with van der Waals surface area (Å²) in [6.45, 7) is 2.07. The number of hydrazine groups is 1. The van der Waals surface area contributed by atoms with E-state index < -0.39 is 0 Å². The van der Waals surface area contributed by atoms with Crippen LogP contribution in [0.2, 0.25) is 0 Å². The predicted octanol–water partition coefficient (Wildman–Crippen LogP) is -0.473. The van der Waals surface area contributed by atoms with Crippen LogP contribution >= 0.6 is 0 Å². The molecule has 19 heavy (non-hydrogen) atoms. The van der Waals surface area contributed by atoms with E-state index in [9.17, 15) is 0 Å². The van der Waals surface area contributed by atoms with Crippen LogP contribution in [0.3, 0.4) is 0 Å². The topological polar surface area (TPSA) is 131 Å². The first-order valence-electron chi connectivity index (χ1n) is 5.51. The molecule has 0 spiro atoms. The molecule has 10 nitrogen and oxygen atoms in total. The standard InChI is InChI=1S/C9H15N9O/c1-5-12-6(19-17-5)4-11-7-13-8(16-10)15-9(14-7)18(2)3/h4,10H2,1-3H3,(H2,11,13,14,15,16). The third-order valence-corrected chi connectivity index (χ3v) is 2.12. The van der Waals surface area contributed by atoms with Crippen molar-refractivity contribution in [3.05, 3.63) is 11.7 Å². The summed E-state index contributed by atoms with van der Waals surface area (Å²) in [7, 11) is 3.64. The summed E-state index contributed by atoms with van der Waals surface area (Å²) < 4.78 is 4.97. The smallest absolute Gasteiger partial charge is 0.246 e. The fourth-order valence-electron chi connectivity index (χ4n) is 1.27. The zero-order valence-electron chi connectivity index (χ0n) is 10.9. The van der Waals surface area contributed by atoms with Crippen LogP contribution < -0.4 is 21.5 Å². The second-order valence-electron chi connectivity index (χ2n) is 3.91. The van der Waals surface area contributed by atoms with E-state index in [4.69, 9.17) is 10.4 Å². The molecule has 0 radical (unpaired) electrons. The third-order valence-electron chi connectivity index (χ3n) is 2.12. The van der Waals surface area contributed by atoms with E-state index in [1.807, 2.05) is 14.1 Å². The van der Waals surface area contributed by atoms with Gasteiger partial charge in [-0.15, -0.1) is 0 Å². The van der Waals surface area contributed by atoms with Gasteiger partial charge in [0.15, 0.2) is 5.82 Å². The van der Waals surface area contributed by atoms with Gasteiger partial charge in [0.05, 0.1) is 6.54 Å². The second kappa shape index (κ2) is 5.44. The average molecular weight is 265 g/mol. The Hall–Kier alpha value is -2.49. The Morgan fingerprint density at radius 2 is 1.89 bits per heavy atom. The monoisotopic (exact) mass is 265 g/mol. The van der Waals surface area contributed by atoms with Crippen molar-refractivity contribution in [2.75, 3.05) is 29.7 Å². The van der Waals surface area contributed by atoms with Crippen LogP contribution in [0.15, 0.2) is 4.52 Å². The second-order valence-corrected chi connectivity index (χ2v) is 3.91. The fraction of sp³-hybridized carbons (Fsp3) is 0.444. The van der Waals surface area contributed by atoms with Gasteiger partial charge in [-0.2, -0.15) is 19.9 Å². The van der Waals surface area contributed by atoms with E-state index in [-0.39, 0.29) is 5.95 Å². The highest BCUT2D eigenvalue weighted by atomic mass is 16.5. The van der Waals surface area contributed by atoms with Crippen molar-refractivity contribution in [3.63, 3.8) is 0 Å². The van der Waals surface area contributed by atoms with E-state index >= 15 is 0 Å². The summed E-state index contributed by atoms with van der Waals surface area (Å²) in [4.78, 5) is 18.2. The lowest BCUT2D eigenvalue weighted by atomic mass is 10.6. The summed E-state index contributed by atoms with van der Waals surface area (Å²) in [5.74, 6) is 7.44. The Morgan fingerprint density at radius 3 is 2.47 bits per heavy atom. The van der Waals surface area contributed by atoms with Gasteiger partial charge in [0.1, 0.15) is 0 Å². The molecule has 0 bridgehead atoms. The van der Waals surface area contributed by atoms with E-state index in [1.54, 1.807) is 11.8 Å². The van der Waals surface area contributed by atoms with Gasteiger partial charge in [-0.25, -0.2) is 5.84 Å². The summed E-state index contributed by atoms with van der Waals surface area (Å²) in [5.41, 5.74) is 2.38. The van der Waals surface area contributed by atoms with Gasteiger partial charge < -0.3 is 14.7 Å². The maximum Gasteiger partial charge on any atom is 0.246 e. The SMILES string of the molecule is Cc1noc(CNc2nc(NN)nc(N(C)C)n2)n1. The van der Waals surface area contributed by atoms with Crippen LogP contribution in [0.1, 0.15) is 11.7 Å². The molecule has 2 aromatic heterocycles. The van der Waals surface area contributed by atoms with Crippen molar-refractivity contribution in [2.45, 2.75) is 13.5 Å². The van der Waals surface area contributed by atoms with Gasteiger partial charge in [-0.3, -0.25) is 5.43 Å². The molecule has 2 heterocycles. The van der Waals surface area contributed by atoms with Crippen molar-refractivity contribution in [1.29, 1.82) is 0 Å². The Kier molecular flexibility index (Phi) is 3.71. The number of nitrogen functional groups attached to an aromatic ring is 1. The highest BCUT2D eigenvalue weighted by molar-refractivity contribution is 5.42. The van der Waals surface area contributed by atoms with E-state index in [0.717, 1.165) is 0 Å². The third kappa shape index (κ3) is 3.25. The number of aromatic nitrogens is 5. The molecule has 0 unspecified atom stereocenters. The Labute approximate surface area is 109 Å². The number of nitrogens with two attached hydrogens (primary N) is 1. The van der Waals surface area contributed by atoms with Crippen LogP contribution in [-0.4, -0.2) is 39.2 Å². The number of rotatable bonds is 5. The molecule has 0 saturated heterocycles. The number of anilines is 3. The van der Waals surface area contributed by atoms with Crippen molar-refractivity contribution in [1.82, 2.24) is 25.1 Å². The van der Waals surface area contributed by atoms with Gasteiger partial charge in [0.2, 0.25) is 23.7 Å². The maximum atomic E-state index is 5.31. The fourth-order valence-corrected chi connectivity index (χ4v) is 1.27. The van der Waals surface area contributed by atoms with Gasteiger partial charge >= 0.3 is 0 Å². The summed E-state index contributed by atoms with van der Waals surface area (Å²) in [5, 5.41) is 6.65. The molecule has 0 amide bonds. The minimum Gasteiger partial charge on any atom is -0.347 e. The molecule has 0 aliphatic carbocycles. The number of hydrogen-bond acceptors (Lipinski definition) is 10. The highest BCUT2D eigenvalue weighted by Crippen LogP contribution is 2.11. The minimum atomic E-state index is 0.267. The maximum absolute atomic E-state index is 5.31. The van der Waals surface area contributed by atoms with Crippen LogP contribution in [0.4, 0.5) is 17.8 Å². The Bertz CT molecular complexity index is 552. The van der Waals surface area contributed by atoms with E-state index in [0.29, 0.717) is 30.2 Å². The lowest BCUT2D eigenvalue weighted by Crippen LogP contribution is -2.19. The Balaban J connectivity index is 2.12. The summed E-state index contributed by atoms with van der Waals surface area (Å²) in [6.07, 6.45) is 0. The molecule has 0 aliphatic rings. The molecule has 0 atom stereocenters. The van der Waals surface area contributed by atoms with Crippen molar-refractivity contribution in [3.8, 4) is 0 Å². The zero-order chi connectivity index (χ0) is 13.8. The predicted molar refractivity (Wildman–Crippen MR) is 68.3 cm³/mol. The number of nitrogens with one attached hydrogen (secondary N) is 2. The summed E-state index contributed by atoms with van der Waals surface area (Å²) in [6, 6.07) is 0. The van der Waals surface area contributed by atoms with Crippen LogP contribution in [0.25, 0.3) is 0 Å². The van der Waals surface area contributed by atoms with Gasteiger partial charge in [0, 0.05) is 14.1 Å². The van der Waals surface area contributed by atoms with Crippen LogP contribution in [-0.2, 0) is 6.54 Å². The molecule has 0 aliphatic heterocycles. The lowest BCUT2D eigenvalue weighted by Gasteiger charge is -2.12. The van der Waals surface area contributed by atoms with Crippen molar-refractivity contribution >= 4 is 17.8 Å². The number of nitrogens with zero attached hydrogens (tertiary/aromatic N) is 6. The highest BCUT2D eigenvalue weighted by Gasteiger charge is 2.08. The molecule has 0 fully saturated rings. The van der Waals surface area contributed by atoms with Crippen molar-refractivity contribution < 1.29 is 4.52 Å². The molecular weight excluding hydrogens is 250 g/mol. The normalized spacial score (nSPS) is 10.3. The first-order chi connectivity index (χ1) is 9.08. The molecule has 10 heteroatoms. The quantitative estimate of drug-likeness (QED) is 0.481. The van der Waals surface area contributed by atoms with Crippen LogP contribution in [0.5, 0.6) is 0 Å². The van der Waals surface area contributed by atoms with Gasteiger partial charge in [-0.05, 0) is 6.92 Å². The minimum absolute atomic E-state index is 0.267. The van der Waals surface area contributed by atoms with E-state index in [1.165, 1.54) is 0 Å². The number of hydrogen-bond donors (Lipinski definition) is 3. The summed E-state index contributed by atoms with van der Waals surface area (Å²) >= 11 is 0. The molecule has 0 saturated carbocycles. The van der Waals surface area contributed by atoms with Crippen molar-refractivity contribution in [2.24, 2.45) is 5.84 Å². The van der Waals surface area contributed by atoms with Gasteiger partial charge in [-0.1, -0.05) is 5.16 Å². The molecule has 4 N–H and O–H groups in total. The molecule has 2 aromatic rings. The lowest BCUT2D eigenvalue weighted by molar-refractivity contribution is 0.379. The van der Waals surface area contributed by atoms with Gasteiger partial charge in [0.25, 0.3) is 0 Å². The number of aryl methyl sites for hydroxylation is 1. The first-order valence-corrected chi connectivity index (χ1v) is 5.51. The average Bonchev–Trinajstić information content (AvgIpc) is 2.81. The zero-order valence-corrected chi connectivity index (χ0v) is 10.9.